The van der Waals surface area contributed by atoms with Crippen molar-refractivity contribution < 1.29 is 24.5 Å². The summed E-state index contributed by atoms with van der Waals surface area (Å²) in [5, 5.41) is 21.8. The van der Waals surface area contributed by atoms with Gasteiger partial charge in [0.2, 0.25) is 0 Å². The van der Waals surface area contributed by atoms with Crippen molar-refractivity contribution in [3.8, 4) is 0 Å². The van der Waals surface area contributed by atoms with Crippen LogP contribution in [0.3, 0.4) is 0 Å². The maximum atomic E-state index is 13.2. The van der Waals surface area contributed by atoms with E-state index >= 15 is 0 Å². The van der Waals surface area contributed by atoms with Gasteiger partial charge in [0.15, 0.2) is 0 Å². The summed E-state index contributed by atoms with van der Waals surface area (Å²) >= 11 is 0. The molecule has 2 saturated heterocycles. The average molecular weight is 585 g/mol. The lowest BCUT2D eigenvalue weighted by atomic mass is 9.38. The van der Waals surface area contributed by atoms with Crippen LogP contribution in [0.1, 0.15) is 84.3 Å². The van der Waals surface area contributed by atoms with Crippen molar-refractivity contribution in [2.45, 2.75) is 91.0 Å². The molecule has 5 fully saturated rings. The highest BCUT2D eigenvalue weighted by Gasteiger charge is 2.84. The molecule has 230 valence electrons. The van der Waals surface area contributed by atoms with E-state index in [0.29, 0.717) is 18.9 Å². The summed E-state index contributed by atoms with van der Waals surface area (Å²) in [6.45, 7) is 9.90. The second kappa shape index (κ2) is 9.17. The number of benzene rings is 1. The molecule has 0 aromatic heterocycles. The molecule has 0 spiro atoms. The normalized spacial score (nSPS) is 51.4. The third kappa shape index (κ3) is 3.48. The molecule has 1 aromatic carbocycles. The standard InChI is InChI=1S/C38H48O5/c1-23(20-39)16-26-18-27(33(41)43-26)28-11-15-38-21-37(28,38)14-12-30-34(2)13-10-25-17-29(24-8-6-5-7-9-24)42-22-35(25,3)31(34)19-32(40)36(30,38)4/h5-10,12,14,16,26-32,39-40H,11,13,15,17-22H2,1-4H3/b23-16+/t26-,27+,28+,29-,30+,31+,32+,34+,35-,36-,37-,38+/m0/s1. The fourth-order valence-electron chi connectivity index (χ4n) is 12.3. The quantitative estimate of drug-likeness (QED) is 0.304. The van der Waals surface area contributed by atoms with Crippen molar-refractivity contribution >= 4 is 5.97 Å². The van der Waals surface area contributed by atoms with Crippen molar-refractivity contribution in [1.82, 2.24) is 0 Å². The minimum atomic E-state index is -0.386. The predicted octanol–water partition coefficient (Wildman–Crippen LogP) is 6.72. The van der Waals surface area contributed by atoms with Crippen molar-refractivity contribution in [3.63, 3.8) is 0 Å². The van der Waals surface area contributed by atoms with Crippen LogP contribution in [-0.4, -0.2) is 41.6 Å². The Hall–Kier alpha value is -2.21. The van der Waals surface area contributed by atoms with Crippen LogP contribution in [-0.2, 0) is 14.3 Å². The molecule has 5 aliphatic carbocycles. The summed E-state index contributed by atoms with van der Waals surface area (Å²) in [4.78, 5) is 13.2. The molecule has 0 amide bonds. The number of aliphatic hydroxyl groups excluding tert-OH is 2. The first kappa shape index (κ1) is 28.3. The molecule has 0 radical (unpaired) electrons. The highest BCUT2D eigenvalue weighted by molar-refractivity contribution is 5.76. The summed E-state index contributed by atoms with van der Waals surface area (Å²) in [6, 6.07) is 10.6. The Bertz CT molecular complexity index is 1430. The Morgan fingerprint density at radius 2 is 1.93 bits per heavy atom. The number of esters is 1. The van der Waals surface area contributed by atoms with Crippen LogP contribution in [0.25, 0.3) is 0 Å². The molecule has 7 aliphatic rings. The maximum absolute atomic E-state index is 13.2. The van der Waals surface area contributed by atoms with Crippen LogP contribution in [0.15, 0.2) is 65.8 Å². The van der Waals surface area contributed by atoms with Gasteiger partial charge in [-0.25, -0.2) is 0 Å². The Morgan fingerprint density at radius 3 is 2.70 bits per heavy atom. The topological polar surface area (TPSA) is 76.0 Å². The molecule has 2 N–H and O–H groups in total. The lowest BCUT2D eigenvalue weighted by Crippen LogP contribution is -2.64. The molecule has 3 saturated carbocycles. The third-order valence-corrected chi connectivity index (χ3v) is 14.5. The number of hydrogen-bond donors (Lipinski definition) is 2. The lowest BCUT2D eigenvalue weighted by Gasteiger charge is -2.67. The van der Waals surface area contributed by atoms with Crippen LogP contribution in [0.2, 0.25) is 0 Å². The summed E-state index contributed by atoms with van der Waals surface area (Å²) in [5.74, 6) is 0.706. The van der Waals surface area contributed by atoms with E-state index in [1.807, 2.05) is 13.0 Å². The molecule has 43 heavy (non-hydrogen) atoms. The fraction of sp³-hybridized carbons (Fsp3) is 0.658. The van der Waals surface area contributed by atoms with Gasteiger partial charge in [0.1, 0.15) is 6.10 Å². The fourth-order valence-corrected chi connectivity index (χ4v) is 12.3. The zero-order valence-electron chi connectivity index (χ0n) is 26.2. The van der Waals surface area contributed by atoms with Gasteiger partial charge in [0, 0.05) is 17.3 Å². The SMILES string of the molecule is C/C(=C\[C@H]1C[C@H]([C@H]2CC[C@]34C[C@@]23C=C[C@@H]2[C@@]3(C)CC=C5C[C@@H](c6ccccc6)OC[C@]5(C)[C@@H]3C[C@@H](O)[C@]24C)C(=O)O1)CO. The molecule has 8 rings (SSSR count). The summed E-state index contributed by atoms with van der Waals surface area (Å²) < 4.78 is 12.5. The van der Waals surface area contributed by atoms with Gasteiger partial charge in [-0.05, 0) is 96.7 Å². The number of aliphatic hydroxyl groups is 2. The van der Waals surface area contributed by atoms with Gasteiger partial charge in [0.25, 0.3) is 0 Å². The Morgan fingerprint density at radius 1 is 1.14 bits per heavy atom. The van der Waals surface area contributed by atoms with E-state index in [-0.39, 0.29) is 75.7 Å². The number of cyclic esters (lactones) is 1. The van der Waals surface area contributed by atoms with Gasteiger partial charge in [-0.3, -0.25) is 4.79 Å². The van der Waals surface area contributed by atoms with Gasteiger partial charge in [-0.2, -0.15) is 0 Å². The number of ether oxygens (including phenoxy) is 2. The Labute approximate surface area is 256 Å². The highest BCUT2D eigenvalue weighted by atomic mass is 16.5. The number of fused-ring (bicyclic) bond motifs is 5. The van der Waals surface area contributed by atoms with E-state index in [1.165, 1.54) is 11.1 Å². The molecular weight excluding hydrogens is 536 g/mol. The van der Waals surface area contributed by atoms with E-state index < -0.39 is 0 Å². The first-order valence-electron chi connectivity index (χ1n) is 16.7. The number of rotatable bonds is 4. The first-order chi connectivity index (χ1) is 20.5. The van der Waals surface area contributed by atoms with E-state index in [0.717, 1.165) is 44.1 Å². The monoisotopic (exact) mass is 584 g/mol. The summed E-state index contributed by atoms with van der Waals surface area (Å²) in [5.41, 5.74) is 3.38. The second-order valence-corrected chi connectivity index (χ2v) is 16.1. The van der Waals surface area contributed by atoms with Crippen molar-refractivity contribution in [2.75, 3.05) is 13.2 Å². The molecule has 5 heteroatoms. The maximum Gasteiger partial charge on any atom is 0.309 e. The van der Waals surface area contributed by atoms with Gasteiger partial charge < -0.3 is 19.7 Å². The predicted molar refractivity (Wildman–Crippen MR) is 165 cm³/mol. The van der Waals surface area contributed by atoms with Gasteiger partial charge in [0.05, 0.1) is 31.3 Å². The van der Waals surface area contributed by atoms with E-state index in [9.17, 15) is 15.0 Å². The first-order valence-corrected chi connectivity index (χ1v) is 16.7. The van der Waals surface area contributed by atoms with E-state index in [2.05, 4.69) is 69.3 Å². The van der Waals surface area contributed by atoms with E-state index in [4.69, 9.17) is 9.47 Å². The largest absolute Gasteiger partial charge is 0.458 e. The number of carbonyl (C=O) groups is 1. The molecule has 0 unspecified atom stereocenters. The van der Waals surface area contributed by atoms with Crippen molar-refractivity contribution in [1.29, 1.82) is 0 Å². The third-order valence-electron chi connectivity index (χ3n) is 14.5. The zero-order chi connectivity index (χ0) is 30.0. The minimum Gasteiger partial charge on any atom is -0.458 e. The smallest absolute Gasteiger partial charge is 0.309 e. The molecular formula is C38H48O5. The van der Waals surface area contributed by atoms with E-state index in [1.54, 1.807) is 0 Å². The van der Waals surface area contributed by atoms with Crippen molar-refractivity contribution in [3.05, 3.63) is 71.3 Å². The van der Waals surface area contributed by atoms with Crippen molar-refractivity contribution in [2.24, 2.45) is 50.7 Å². The second-order valence-electron chi connectivity index (χ2n) is 16.1. The molecule has 2 heterocycles. The summed E-state index contributed by atoms with van der Waals surface area (Å²) in [6.07, 6.45) is 15.6. The highest BCUT2D eigenvalue weighted by Crippen LogP contribution is 2.89. The molecule has 12 atom stereocenters. The van der Waals surface area contributed by atoms with Gasteiger partial charge in [-0.15, -0.1) is 0 Å². The van der Waals surface area contributed by atoms with Crippen LogP contribution in [0, 0.1) is 50.7 Å². The zero-order valence-corrected chi connectivity index (χ0v) is 26.2. The lowest BCUT2D eigenvalue weighted by molar-refractivity contribution is -0.199. The summed E-state index contributed by atoms with van der Waals surface area (Å²) in [7, 11) is 0. The molecule has 1 aromatic rings. The minimum absolute atomic E-state index is 0.00914. The molecule has 5 nitrogen and oxygen atoms in total. The Balaban J connectivity index is 1.11. The van der Waals surface area contributed by atoms with Gasteiger partial charge in [-0.1, -0.05) is 74.9 Å². The van der Waals surface area contributed by atoms with Crippen LogP contribution in [0.5, 0.6) is 0 Å². The molecule has 2 aliphatic heterocycles. The molecule has 0 bridgehead atoms. The van der Waals surface area contributed by atoms with Crippen LogP contribution >= 0.6 is 0 Å². The van der Waals surface area contributed by atoms with Gasteiger partial charge >= 0.3 is 5.97 Å². The average Bonchev–Trinajstić information content (AvgIpc) is 3.39. The number of hydrogen-bond acceptors (Lipinski definition) is 5. The Kier molecular flexibility index (Phi) is 6.03. The van der Waals surface area contributed by atoms with Crippen LogP contribution in [0.4, 0.5) is 0 Å². The number of carbonyl (C=O) groups excluding carboxylic acids is 1. The van der Waals surface area contributed by atoms with Crippen LogP contribution < -0.4 is 0 Å². The number of allylic oxidation sites excluding steroid dienone is 3.